The maximum absolute atomic E-state index is 12.6. The lowest BCUT2D eigenvalue weighted by Crippen LogP contribution is -2.46. The summed E-state index contributed by atoms with van der Waals surface area (Å²) in [5.41, 5.74) is 2.10. The third-order valence-corrected chi connectivity index (χ3v) is 3.96. The summed E-state index contributed by atoms with van der Waals surface area (Å²) >= 11 is 0. The first-order valence-electron chi connectivity index (χ1n) is 7.36. The molecule has 1 aliphatic rings. The molecular weight excluding hydrogens is 236 g/mol. The fraction of sp³-hybridized carbons (Fsp3) is 0.562. The molecule has 0 spiro atoms. The number of nitrogens with one attached hydrogen (secondary N) is 1. The van der Waals surface area contributed by atoms with Crippen LogP contribution in [0.15, 0.2) is 24.3 Å². The highest BCUT2D eigenvalue weighted by Gasteiger charge is 2.24. The summed E-state index contributed by atoms with van der Waals surface area (Å²) in [7, 11) is 0. The van der Waals surface area contributed by atoms with Gasteiger partial charge in [0.15, 0.2) is 0 Å². The van der Waals surface area contributed by atoms with Crippen molar-refractivity contribution in [2.24, 2.45) is 0 Å². The summed E-state index contributed by atoms with van der Waals surface area (Å²) in [4.78, 5) is 14.6. The van der Waals surface area contributed by atoms with Crippen LogP contribution >= 0.6 is 0 Å². The number of nitrogens with zero attached hydrogens (tertiary/aromatic N) is 1. The molecule has 3 nitrogen and oxygen atoms in total. The van der Waals surface area contributed by atoms with E-state index in [1.165, 1.54) is 5.56 Å². The van der Waals surface area contributed by atoms with Gasteiger partial charge in [0, 0.05) is 18.2 Å². The van der Waals surface area contributed by atoms with Crippen LogP contribution in [0, 0.1) is 0 Å². The molecule has 3 heteroatoms. The Morgan fingerprint density at radius 3 is 2.37 bits per heavy atom. The first kappa shape index (κ1) is 14.1. The van der Waals surface area contributed by atoms with E-state index in [0.29, 0.717) is 6.04 Å². The standard InChI is InChI=1S/C16H24N2O/c1-3-13-5-7-14(8-6-13)16(19)18(4-2)15-9-11-17-12-10-15/h5-8,15,17H,3-4,9-12H2,1-2H3. The molecule has 0 unspecified atom stereocenters. The fourth-order valence-electron chi connectivity index (χ4n) is 2.73. The molecule has 1 aromatic rings. The topological polar surface area (TPSA) is 32.3 Å². The van der Waals surface area contributed by atoms with Crippen molar-refractivity contribution in [2.45, 2.75) is 39.2 Å². The molecule has 0 radical (unpaired) electrons. The second-order valence-electron chi connectivity index (χ2n) is 5.12. The number of carbonyl (C=O) groups excluding carboxylic acids is 1. The highest BCUT2D eigenvalue weighted by molar-refractivity contribution is 5.94. The monoisotopic (exact) mass is 260 g/mol. The van der Waals surface area contributed by atoms with Crippen molar-refractivity contribution >= 4 is 5.91 Å². The molecule has 0 aliphatic carbocycles. The summed E-state index contributed by atoms with van der Waals surface area (Å²) < 4.78 is 0. The fourth-order valence-corrected chi connectivity index (χ4v) is 2.73. The molecule has 2 rings (SSSR count). The van der Waals surface area contributed by atoms with Crippen LogP contribution in [-0.2, 0) is 6.42 Å². The van der Waals surface area contributed by atoms with Gasteiger partial charge in [-0.1, -0.05) is 19.1 Å². The third-order valence-electron chi connectivity index (χ3n) is 3.96. The van der Waals surface area contributed by atoms with Crippen LogP contribution in [0.1, 0.15) is 42.6 Å². The Morgan fingerprint density at radius 1 is 1.21 bits per heavy atom. The van der Waals surface area contributed by atoms with E-state index in [-0.39, 0.29) is 5.91 Å². The van der Waals surface area contributed by atoms with E-state index in [9.17, 15) is 4.79 Å². The number of carbonyl (C=O) groups is 1. The minimum atomic E-state index is 0.178. The van der Waals surface area contributed by atoms with Crippen LogP contribution in [-0.4, -0.2) is 36.5 Å². The van der Waals surface area contributed by atoms with E-state index in [4.69, 9.17) is 0 Å². The van der Waals surface area contributed by atoms with Crippen LogP contribution in [0.2, 0.25) is 0 Å². The van der Waals surface area contributed by atoms with Gasteiger partial charge in [-0.15, -0.1) is 0 Å². The molecular formula is C16H24N2O. The van der Waals surface area contributed by atoms with E-state index in [0.717, 1.165) is 44.5 Å². The number of hydrogen-bond acceptors (Lipinski definition) is 2. The first-order valence-corrected chi connectivity index (χ1v) is 7.36. The lowest BCUT2D eigenvalue weighted by molar-refractivity contribution is 0.0656. The first-order chi connectivity index (χ1) is 9.26. The van der Waals surface area contributed by atoms with Crippen molar-refractivity contribution in [3.8, 4) is 0 Å². The maximum Gasteiger partial charge on any atom is 0.254 e. The van der Waals surface area contributed by atoms with Gasteiger partial charge >= 0.3 is 0 Å². The Balaban J connectivity index is 2.10. The molecule has 0 bridgehead atoms. The van der Waals surface area contributed by atoms with E-state index in [1.807, 2.05) is 17.0 Å². The molecule has 1 heterocycles. The predicted molar refractivity (Wildman–Crippen MR) is 78.4 cm³/mol. The van der Waals surface area contributed by atoms with Crippen molar-refractivity contribution < 1.29 is 4.79 Å². The number of piperidine rings is 1. The largest absolute Gasteiger partial charge is 0.336 e. The lowest BCUT2D eigenvalue weighted by atomic mass is 10.0. The van der Waals surface area contributed by atoms with E-state index in [2.05, 4.69) is 31.3 Å². The van der Waals surface area contributed by atoms with Crippen LogP contribution in [0.5, 0.6) is 0 Å². The molecule has 1 aliphatic heterocycles. The van der Waals surface area contributed by atoms with Crippen LogP contribution in [0.25, 0.3) is 0 Å². The molecule has 1 amide bonds. The Morgan fingerprint density at radius 2 is 1.84 bits per heavy atom. The highest BCUT2D eigenvalue weighted by atomic mass is 16.2. The van der Waals surface area contributed by atoms with Crippen LogP contribution in [0.4, 0.5) is 0 Å². The summed E-state index contributed by atoms with van der Waals surface area (Å²) in [5, 5.41) is 3.35. The minimum Gasteiger partial charge on any atom is -0.336 e. The van der Waals surface area contributed by atoms with Crippen molar-refractivity contribution in [2.75, 3.05) is 19.6 Å². The Bertz CT molecular complexity index is 407. The van der Waals surface area contributed by atoms with Crippen molar-refractivity contribution in [1.29, 1.82) is 0 Å². The van der Waals surface area contributed by atoms with Gasteiger partial charge < -0.3 is 10.2 Å². The summed E-state index contributed by atoms with van der Waals surface area (Å²) in [6, 6.07) is 8.44. The molecule has 0 aromatic heterocycles. The Labute approximate surface area is 116 Å². The molecule has 0 atom stereocenters. The van der Waals surface area contributed by atoms with Gasteiger partial charge in [0.2, 0.25) is 0 Å². The van der Waals surface area contributed by atoms with Gasteiger partial charge in [0.1, 0.15) is 0 Å². The van der Waals surface area contributed by atoms with E-state index < -0.39 is 0 Å². The van der Waals surface area contributed by atoms with Gasteiger partial charge in [-0.25, -0.2) is 0 Å². The summed E-state index contributed by atoms with van der Waals surface area (Å²) in [6.45, 7) is 7.02. The average Bonchev–Trinajstić information content (AvgIpc) is 2.49. The smallest absolute Gasteiger partial charge is 0.254 e. The molecule has 1 fully saturated rings. The van der Waals surface area contributed by atoms with E-state index >= 15 is 0 Å². The Hall–Kier alpha value is -1.35. The number of amides is 1. The van der Waals surface area contributed by atoms with Crippen LogP contribution in [0.3, 0.4) is 0 Å². The van der Waals surface area contributed by atoms with E-state index in [1.54, 1.807) is 0 Å². The average molecular weight is 260 g/mol. The zero-order chi connectivity index (χ0) is 13.7. The number of rotatable bonds is 4. The number of benzene rings is 1. The predicted octanol–water partition coefficient (Wildman–Crippen LogP) is 2.46. The van der Waals surface area contributed by atoms with Gasteiger partial charge in [-0.2, -0.15) is 0 Å². The third kappa shape index (κ3) is 3.35. The van der Waals surface area contributed by atoms with Gasteiger partial charge in [-0.05, 0) is 57.0 Å². The van der Waals surface area contributed by atoms with Crippen molar-refractivity contribution in [3.63, 3.8) is 0 Å². The molecule has 0 saturated carbocycles. The minimum absolute atomic E-state index is 0.178. The molecule has 1 aromatic carbocycles. The van der Waals surface area contributed by atoms with Crippen molar-refractivity contribution in [3.05, 3.63) is 35.4 Å². The van der Waals surface area contributed by atoms with Gasteiger partial charge in [0.25, 0.3) is 5.91 Å². The van der Waals surface area contributed by atoms with Gasteiger partial charge in [0.05, 0.1) is 0 Å². The molecule has 19 heavy (non-hydrogen) atoms. The lowest BCUT2D eigenvalue weighted by Gasteiger charge is -2.34. The summed E-state index contributed by atoms with van der Waals surface area (Å²) in [5.74, 6) is 0.178. The molecule has 1 saturated heterocycles. The summed E-state index contributed by atoms with van der Waals surface area (Å²) in [6.07, 6.45) is 3.14. The zero-order valence-corrected chi connectivity index (χ0v) is 12.0. The molecule has 104 valence electrons. The second-order valence-corrected chi connectivity index (χ2v) is 5.12. The zero-order valence-electron chi connectivity index (χ0n) is 12.0. The second kappa shape index (κ2) is 6.71. The SMILES string of the molecule is CCc1ccc(C(=O)N(CC)C2CCNCC2)cc1. The van der Waals surface area contributed by atoms with Gasteiger partial charge in [-0.3, -0.25) is 4.79 Å². The highest BCUT2D eigenvalue weighted by Crippen LogP contribution is 2.16. The number of aryl methyl sites for hydroxylation is 1. The van der Waals surface area contributed by atoms with Crippen molar-refractivity contribution in [1.82, 2.24) is 10.2 Å². The normalized spacial score (nSPS) is 16.3. The quantitative estimate of drug-likeness (QED) is 0.902. The number of hydrogen-bond donors (Lipinski definition) is 1. The van der Waals surface area contributed by atoms with Crippen LogP contribution < -0.4 is 5.32 Å². The molecule has 1 N–H and O–H groups in total. The maximum atomic E-state index is 12.6. The Kier molecular flexibility index (Phi) is 4.97.